The highest BCUT2D eigenvalue weighted by atomic mass is 32.1. The first kappa shape index (κ1) is 13.7. The summed E-state index contributed by atoms with van der Waals surface area (Å²) in [6.07, 6.45) is 2.56. The van der Waals surface area contributed by atoms with Crippen LogP contribution in [0.25, 0.3) is 0 Å². The fraction of sp³-hybridized carbons (Fsp3) is 0.286. The highest BCUT2D eigenvalue weighted by Gasteiger charge is 2.14. The minimum absolute atomic E-state index is 0.287. The molecule has 0 radical (unpaired) electrons. The van der Waals surface area contributed by atoms with E-state index in [1.165, 1.54) is 23.5 Å². The molecule has 0 N–H and O–H groups in total. The minimum atomic E-state index is -0.287. The highest BCUT2D eigenvalue weighted by molar-refractivity contribution is 7.17. The van der Waals surface area contributed by atoms with Crippen LogP contribution in [0.1, 0.15) is 28.7 Å². The average Bonchev–Trinajstić information content (AvgIpc) is 2.81. The molecule has 100 valence electrons. The molecule has 0 aliphatic heterocycles. The number of hydrogen-bond donors (Lipinski definition) is 0. The molecule has 0 aliphatic rings. The topological polar surface area (TPSA) is 33.2 Å². The van der Waals surface area contributed by atoms with Crippen molar-refractivity contribution in [1.29, 1.82) is 0 Å². The van der Waals surface area contributed by atoms with E-state index in [-0.39, 0.29) is 5.82 Å². The predicted molar refractivity (Wildman–Crippen MR) is 76.0 cm³/mol. The van der Waals surface area contributed by atoms with E-state index in [9.17, 15) is 9.18 Å². The molecule has 2 rings (SSSR count). The van der Waals surface area contributed by atoms with E-state index < -0.39 is 0 Å². The zero-order valence-corrected chi connectivity index (χ0v) is 11.7. The van der Waals surface area contributed by atoms with Crippen molar-refractivity contribution in [3.63, 3.8) is 0 Å². The number of aryl methyl sites for hydroxylation is 1. The molecule has 19 heavy (non-hydrogen) atoms. The number of anilines is 2. The van der Waals surface area contributed by atoms with E-state index in [0.717, 1.165) is 24.8 Å². The van der Waals surface area contributed by atoms with Crippen molar-refractivity contribution in [1.82, 2.24) is 4.98 Å². The Kier molecular flexibility index (Phi) is 4.27. The van der Waals surface area contributed by atoms with Crippen LogP contribution in [0.2, 0.25) is 0 Å². The molecule has 1 heterocycles. The van der Waals surface area contributed by atoms with Crippen molar-refractivity contribution in [3.05, 3.63) is 40.7 Å². The van der Waals surface area contributed by atoms with Gasteiger partial charge in [0.2, 0.25) is 0 Å². The number of benzene rings is 1. The number of aldehydes is 1. The van der Waals surface area contributed by atoms with Crippen LogP contribution in [-0.2, 0) is 6.42 Å². The summed E-state index contributed by atoms with van der Waals surface area (Å²) in [7, 11) is 1.82. The van der Waals surface area contributed by atoms with Gasteiger partial charge in [0.25, 0.3) is 0 Å². The maximum Gasteiger partial charge on any atom is 0.190 e. The summed E-state index contributed by atoms with van der Waals surface area (Å²) in [5.74, 6) is -0.287. The molecule has 0 saturated heterocycles. The number of thiazole rings is 1. The Labute approximate surface area is 115 Å². The first-order valence-corrected chi connectivity index (χ1v) is 6.91. The Morgan fingerprint density at radius 2 is 2.26 bits per heavy atom. The lowest BCUT2D eigenvalue weighted by molar-refractivity contribution is 0.112. The molecule has 1 aromatic carbocycles. The number of nitrogens with zero attached hydrogens (tertiary/aromatic N) is 2. The normalized spacial score (nSPS) is 10.5. The average molecular weight is 278 g/mol. The summed E-state index contributed by atoms with van der Waals surface area (Å²) >= 11 is 1.33. The number of carbonyl (C=O) groups excluding carboxylic acids is 1. The van der Waals surface area contributed by atoms with Gasteiger partial charge in [-0.2, -0.15) is 0 Å². The Morgan fingerprint density at radius 3 is 2.89 bits per heavy atom. The molecular weight excluding hydrogens is 263 g/mol. The van der Waals surface area contributed by atoms with Gasteiger partial charge in [0.05, 0.1) is 10.6 Å². The van der Waals surface area contributed by atoms with Crippen LogP contribution in [0, 0.1) is 5.82 Å². The Balaban J connectivity index is 2.33. The van der Waals surface area contributed by atoms with Crippen molar-refractivity contribution >= 4 is 28.4 Å². The van der Waals surface area contributed by atoms with E-state index in [1.807, 2.05) is 20.0 Å². The van der Waals surface area contributed by atoms with Gasteiger partial charge in [-0.3, -0.25) is 4.79 Å². The van der Waals surface area contributed by atoms with Gasteiger partial charge in [-0.15, -0.1) is 0 Å². The molecule has 0 fully saturated rings. The standard InChI is InChI=1S/C14H15FN2OS/c1-3-5-12-13(9-18)19-14(16-12)17(2)11-7-4-6-10(15)8-11/h4,6-9H,3,5H2,1-2H3. The van der Waals surface area contributed by atoms with Crippen LogP contribution in [0.15, 0.2) is 24.3 Å². The largest absolute Gasteiger partial charge is 0.321 e. The second kappa shape index (κ2) is 5.93. The van der Waals surface area contributed by atoms with Gasteiger partial charge in [-0.05, 0) is 24.6 Å². The van der Waals surface area contributed by atoms with Crippen LogP contribution in [-0.4, -0.2) is 18.3 Å². The molecule has 2 aromatic rings. The van der Waals surface area contributed by atoms with Gasteiger partial charge in [0.15, 0.2) is 11.4 Å². The van der Waals surface area contributed by atoms with Crippen LogP contribution in [0.4, 0.5) is 15.2 Å². The maximum absolute atomic E-state index is 13.2. The molecule has 3 nitrogen and oxygen atoms in total. The Bertz CT molecular complexity index is 583. The fourth-order valence-electron chi connectivity index (χ4n) is 1.80. The van der Waals surface area contributed by atoms with E-state index in [1.54, 1.807) is 11.0 Å². The number of hydrogen-bond acceptors (Lipinski definition) is 4. The third-order valence-electron chi connectivity index (χ3n) is 2.79. The summed E-state index contributed by atoms with van der Waals surface area (Å²) in [5, 5.41) is 0.705. The molecule has 0 unspecified atom stereocenters. The first-order chi connectivity index (χ1) is 9.15. The molecule has 0 saturated carbocycles. The number of rotatable bonds is 5. The minimum Gasteiger partial charge on any atom is -0.321 e. The summed E-state index contributed by atoms with van der Waals surface area (Å²) in [4.78, 5) is 17.9. The molecule has 0 bridgehead atoms. The summed E-state index contributed by atoms with van der Waals surface area (Å²) < 4.78 is 13.2. The predicted octanol–water partition coefficient (Wildman–Crippen LogP) is 3.82. The van der Waals surface area contributed by atoms with Crippen molar-refractivity contribution < 1.29 is 9.18 Å². The molecule has 0 aliphatic carbocycles. The first-order valence-electron chi connectivity index (χ1n) is 6.10. The SMILES string of the molecule is CCCc1nc(N(C)c2cccc(F)c2)sc1C=O. The lowest BCUT2D eigenvalue weighted by Gasteiger charge is -2.15. The Hall–Kier alpha value is -1.75. The summed E-state index contributed by atoms with van der Waals surface area (Å²) in [5.41, 5.74) is 1.54. The molecule has 0 amide bonds. The molecular formula is C14H15FN2OS. The van der Waals surface area contributed by atoms with Gasteiger partial charge in [-0.25, -0.2) is 9.37 Å². The van der Waals surface area contributed by atoms with Gasteiger partial charge in [0.1, 0.15) is 5.82 Å². The zero-order chi connectivity index (χ0) is 13.8. The molecule has 0 spiro atoms. The van der Waals surface area contributed by atoms with Crippen molar-refractivity contribution in [3.8, 4) is 0 Å². The third-order valence-corrected chi connectivity index (χ3v) is 3.89. The smallest absolute Gasteiger partial charge is 0.190 e. The van der Waals surface area contributed by atoms with Crippen LogP contribution in [0.3, 0.4) is 0 Å². The highest BCUT2D eigenvalue weighted by Crippen LogP contribution is 2.30. The van der Waals surface area contributed by atoms with Crippen molar-refractivity contribution in [2.24, 2.45) is 0 Å². The lowest BCUT2D eigenvalue weighted by Crippen LogP contribution is -2.09. The fourth-order valence-corrected chi connectivity index (χ4v) is 2.71. The molecule has 1 aromatic heterocycles. The number of aromatic nitrogens is 1. The van der Waals surface area contributed by atoms with E-state index in [4.69, 9.17) is 0 Å². The lowest BCUT2D eigenvalue weighted by atomic mass is 10.2. The molecule has 0 atom stereocenters. The van der Waals surface area contributed by atoms with E-state index in [2.05, 4.69) is 4.98 Å². The van der Waals surface area contributed by atoms with Crippen LogP contribution in [0.5, 0.6) is 0 Å². The van der Waals surface area contributed by atoms with Gasteiger partial charge >= 0.3 is 0 Å². The second-order valence-corrected chi connectivity index (χ2v) is 5.22. The van der Waals surface area contributed by atoms with Gasteiger partial charge in [0, 0.05) is 12.7 Å². The van der Waals surface area contributed by atoms with Crippen LogP contribution < -0.4 is 4.90 Å². The monoisotopic (exact) mass is 278 g/mol. The summed E-state index contributed by atoms with van der Waals surface area (Å²) in [6.45, 7) is 2.05. The van der Waals surface area contributed by atoms with Crippen LogP contribution >= 0.6 is 11.3 Å². The third kappa shape index (κ3) is 2.98. The maximum atomic E-state index is 13.2. The number of carbonyl (C=O) groups is 1. The second-order valence-electron chi connectivity index (χ2n) is 4.21. The zero-order valence-electron chi connectivity index (χ0n) is 10.9. The number of halogens is 1. The van der Waals surface area contributed by atoms with Gasteiger partial charge < -0.3 is 4.90 Å². The van der Waals surface area contributed by atoms with Crippen molar-refractivity contribution in [2.45, 2.75) is 19.8 Å². The Morgan fingerprint density at radius 1 is 1.47 bits per heavy atom. The van der Waals surface area contributed by atoms with Crippen molar-refractivity contribution in [2.75, 3.05) is 11.9 Å². The van der Waals surface area contributed by atoms with Gasteiger partial charge in [-0.1, -0.05) is 30.7 Å². The van der Waals surface area contributed by atoms with E-state index >= 15 is 0 Å². The molecule has 5 heteroatoms. The summed E-state index contributed by atoms with van der Waals surface area (Å²) in [6, 6.07) is 6.31. The van der Waals surface area contributed by atoms with E-state index in [0.29, 0.717) is 15.7 Å². The quantitative estimate of drug-likeness (QED) is 0.780.